The van der Waals surface area contributed by atoms with Gasteiger partial charge >= 0.3 is 0 Å². The number of hydrogen-bond acceptors (Lipinski definition) is 7. The van der Waals surface area contributed by atoms with Gasteiger partial charge in [-0.25, -0.2) is 18.4 Å². The van der Waals surface area contributed by atoms with Crippen LogP contribution in [0.1, 0.15) is 19.3 Å². The molecule has 1 saturated heterocycles. The first kappa shape index (κ1) is 21.1. The summed E-state index contributed by atoms with van der Waals surface area (Å²) < 4.78 is 34.8. The molecule has 2 aromatic heterocycles. The van der Waals surface area contributed by atoms with Gasteiger partial charge in [0.2, 0.25) is 17.8 Å². The molecule has 1 aromatic carbocycles. The highest BCUT2D eigenvalue weighted by Gasteiger charge is 2.43. The van der Waals surface area contributed by atoms with E-state index in [2.05, 4.69) is 20.3 Å². The van der Waals surface area contributed by atoms with E-state index < -0.39 is 11.6 Å². The number of piperidine rings is 1. The summed E-state index contributed by atoms with van der Waals surface area (Å²) in [5.74, 6) is 1.59. The zero-order chi connectivity index (χ0) is 23.2. The van der Waals surface area contributed by atoms with Crippen LogP contribution in [0.25, 0.3) is 0 Å². The zero-order valence-electron chi connectivity index (χ0n) is 19.0. The Bertz CT molecular complexity index is 1170. The van der Waals surface area contributed by atoms with Crippen molar-refractivity contribution in [1.82, 2.24) is 19.7 Å². The minimum absolute atomic E-state index is 0.296. The number of aromatic nitrogens is 4. The third kappa shape index (κ3) is 3.80. The Balaban J connectivity index is 1.20. The minimum atomic E-state index is -0.597. The van der Waals surface area contributed by atoms with Crippen LogP contribution in [0.3, 0.4) is 0 Å². The number of pyridine rings is 1. The molecule has 2 aliphatic heterocycles. The topological polar surface area (TPSA) is 71.3 Å². The van der Waals surface area contributed by atoms with E-state index in [0.717, 1.165) is 50.7 Å². The Morgan fingerprint density at radius 2 is 1.76 bits per heavy atom. The van der Waals surface area contributed by atoms with E-state index in [0.29, 0.717) is 47.9 Å². The lowest BCUT2D eigenvalue weighted by atomic mass is 9.92. The highest BCUT2D eigenvalue weighted by Crippen LogP contribution is 2.40. The van der Waals surface area contributed by atoms with Crippen molar-refractivity contribution in [2.75, 3.05) is 41.9 Å². The summed E-state index contributed by atoms with van der Waals surface area (Å²) in [5, 5.41) is 8.30. The summed E-state index contributed by atoms with van der Waals surface area (Å²) in [7, 11) is 1.63. The van der Waals surface area contributed by atoms with E-state index in [1.807, 2.05) is 21.7 Å². The molecule has 2 fully saturated rings. The zero-order valence-corrected chi connectivity index (χ0v) is 19.0. The standard InChI is InChI=1S/C24H27F2N7O/c1-34-21-12-19(5-6-27-21)31-13-15-3-4-16(14-31)22(15)28-23-29-24-32(7-2-8-33(24)30-23)20-10-17(25)9-18(26)11-20/h5-6,9-12,15-16,22H,2-4,7-8,13-14H2,1H3,(H,28,30)/t15-,16+,22?. The molecule has 34 heavy (non-hydrogen) atoms. The molecule has 8 nitrogen and oxygen atoms in total. The van der Waals surface area contributed by atoms with Crippen molar-refractivity contribution < 1.29 is 13.5 Å². The largest absolute Gasteiger partial charge is 0.481 e. The SMILES string of the molecule is COc1cc(N2C[C@H]3CC[C@@H](C2)C3Nc2nc3n(n2)CCCN3c2cc(F)cc(F)c2)ccn1. The summed E-state index contributed by atoms with van der Waals surface area (Å²) in [4.78, 5) is 13.2. The smallest absolute Gasteiger partial charge is 0.244 e. The van der Waals surface area contributed by atoms with Gasteiger partial charge in [-0.2, -0.15) is 4.98 Å². The van der Waals surface area contributed by atoms with Crippen LogP contribution in [-0.4, -0.2) is 52.5 Å². The molecule has 1 saturated carbocycles. The van der Waals surface area contributed by atoms with Crippen molar-refractivity contribution in [3.63, 3.8) is 0 Å². The highest BCUT2D eigenvalue weighted by molar-refractivity contribution is 5.59. The van der Waals surface area contributed by atoms with Crippen LogP contribution < -0.4 is 19.9 Å². The molecular formula is C24H27F2N7O. The van der Waals surface area contributed by atoms with Crippen LogP contribution in [0.15, 0.2) is 36.5 Å². The van der Waals surface area contributed by atoms with E-state index >= 15 is 0 Å². The Morgan fingerprint density at radius 1 is 1.00 bits per heavy atom. The fraction of sp³-hybridized carbons (Fsp3) is 0.458. The van der Waals surface area contributed by atoms with E-state index in [4.69, 9.17) is 9.72 Å². The lowest BCUT2D eigenvalue weighted by molar-refractivity contribution is 0.374. The Hall–Kier alpha value is -3.43. The molecule has 3 aromatic rings. The maximum atomic E-state index is 13.8. The first-order chi connectivity index (χ1) is 16.6. The average molecular weight is 468 g/mol. The van der Waals surface area contributed by atoms with Gasteiger partial charge in [-0.3, -0.25) is 0 Å². The third-order valence-corrected chi connectivity index (χ3v) is 7.23. The predicted molar refractivity (Wildman–Crippen MR) is 125 cm³/mol. The molecule has 1 unspecified atom stereocenters. The van der Waals surface area contributed by atoms with Crippen LogP contribution in [0.4, 0.5) is 32.1 Å². The Morgan fingerprint density at radius 3 is 2.50 bits per heavy atom. The van der Waals surface area contributed by atoms with Crippen LogP contribution in [-0.2, 0) is 6.54 Å². The first-order valence-electron chi connectivity index (χ1n) is 11.8. The van der Waals surface area contributed by atoms with Crippen molar-refractivity contribution >= 4 is 23.3 Å². The van der Waals surface area contributed by atoms with Gasteiger partial charge < -0.3 is 19.9 Å². The monoisotopic (exact) mass is 467 g/mol. The summed E-state index contributed by atoms with van der Waals surface area (Å²) in [6.45, 7) is 3.26. The fourth-order valence-corrected chi connectivity index (χ4v) is 5.69. The molecule has 4 heterocycles. The van der Waals surface area contributed by atoms with Gasteiger partial charge in [0.15, 0.2) is 0 Å². The number of aryl methyl sites for hydroxylation is 1. The Kier molecular flexibility index (Phi) is 5.23. The van der Waals surface area contributed by atoms with Crippen molar-refractivity contribution in [3.05, 3.63) is 48.2 Å². The lowest BCUT2D eigenvalue weighted by Gasteiger charge is -2.39. The average Bonchev–Trinajstić information content (AvgIpc) is 3.34. The molecule has 6 rings (SSSR count). The lowest BCUT2D eigenvalue weighted by Crippen LogP contribution is -2.48. The van der Waals surface area contributed by atoms with Crippen LogP contribution in [0.5, 0.6) is 5.88 Å². The predicted octanol–water partition coefficient (Wildman–Crippen LogP) is 3.83. The molecule has 178 valence electrons. The highest BCUT2D eigenvalue weighted by atomic mass is 19.1. The molecule has 3 aliphatic rings. The van der Waals surface area contributed by atoms with Crippen LogP contribution in [0.2, 0.25) is 0 Å². The van der Waals surface area contributed by atoms with Crippen molar-refractivity contribution in [2.45, 2.75) is 31.8 Å². The number of benzene rings is 1. The van der Waals surface area contributed by atoms with Crippen molar-refractivity contribution in [2.24, 2.45) is 11.8 Å². The van der Waals surface area contributed by atoms with Gasteiger partial charge in [0.25, 0.3) is 0 Å². The molecule has 1 aliphatic carbocycles. The number of rotatable bonds is 5. The molecule has 0 spiro atoms. The molecule has 0 radical (unpaired) electrons. The van der Waals surface area contributed by atoms with Crippen molar-refractivity contribution in [1.29, 1.82) is 0 Å². The molecule has 1 N–H and O–H groups in total. The van der Waals surface area contributed by atoms with Gasteiger partial charge in [-0.15, -0.1) is 5.10 Å². The normalized spacial score (nSPS) is 23.7. The molecule has 10 heteroatoms. The van der Waals surface area contributed by atoms with Crippen LogP contribution in [0, 0.1) is 23.5 Å². The van der Waals surface area contributed by atoms with E-state index in [1.54, 1.807) is 13.3 Å². The van der Waals surface area contributed by atoms with E-state index in [-0.39, 0.29) is 0 Å². The first-order valence-corrected chi connectivity index (χ1v) is 11.8. The number of ether oxygens (including phenoxy) is 1. The van der Waals surface area contributed by atoms with Gasteiger partial charge in [-0.05, 0) is 49.3 Å². The van der Waals surface area contributed by atoms with Gasteiger partial charge in [0.05, 0.1) is 7.11 Å². The molecule has 3 atom stereocenters. The molecular weight excluding hydrogens is 440 g/mol. The summed E-state index contributed by atoms with van der Waals surface area (Å²) in [6.07, 6.45) is 4.93. The second kappa shape index (κ2) is 8.41. The summed E-state index contributed by atoms with van der Waals surface area (Å²) in [5.41, 5.74) is 1.59. The number of fused-ring (bicyclic) bond motifs is 3. The number of halogens is 2. The maximum Gasteiger partial charge on any atom is 0.244 e. The number of nitrogens with zero attached hydrogens (tertiary/aromatic N) is 6. The number of hydrogen-bond donors (Lipinski definition) is 1. The second-order valence-corrected chi connectivity index (χ2v) is 9.32. The maximum absolute atomic E-state index is 13.8. The summed E-state index contributed by atoms with van der Waals surface area (Å²) in [6, 6.07) is 7.88. The number of anilines is 4. The van der Waals surface area contributed by atoms with E-state index in [1.165, 1.54) is 12.1 Å². The van der Waals surface area contributed by atoms with Gasteiger partial charge in [-0.1, -0.05) is 0 Å². The number of methoxy groups -OCH3 is 1. The number of nitrogens with one attached hydrogen (secondary N) is 1. The minimum Gasteiger partial charge on any atom is -0.481 e. The van der Waals surface area contributed by atoms with Gasteiger partial charge in [0.1, 0.15) is 11.6 Å². The van der Waals surface area contributed by atoms with Crippen LogP contribution >= 0.6 is 0 Å². The fourth-order valence-electron chi connectivity index (χ4n) is 5.69. The second-order valence-electron chi connectivity index (χ2n) is 9.32. The van der Waals surface area contributed by atoms with Crippen molar-refractivity contribution in [3.8, 4) is 5.88 Å². The molecule has 0 amide bonds. The summed E-state index contributed by atoms with van der Waals surface area (Å²) >= 11 is 0. The quantitative estimate of drug-likeness (QED) is 0.612. The third-order valence-electron chi connectivity index (χ3n) is 7.23. The molecule has 2 bridgehead atoms. The van der Waals surface area contributed by atoms with E-state index in [9.17, 15) is 8.78 Å². The van der Waals surface area contributed by atoms with Gasteiger partial charge in [0, 0.05) is 61.9 Å². The Labute approximate surface area is 196 Å².